The van der Waals surface area contributed by atoms with E-state index in [0.717, 1.165) is 51.4 Å². The molecule has 0 heterocycles. The summed E-state index contributed by atoms with van der Waals surface area (Å²) in [5.41, 5.74) is -0.935. The molecule has 142 valence electrons. The van der Waals surface area contributed by atoms with E-state index in [1.165, 1.54) is 13.5 Å². The Bertz CT molecular complexity index is 576. The zero-order valence-electron chi connectivity index (χ0n) is 16.0. The summed E-state index contributed by atoms with van der Waals surface area (Å²) >= 11 is 0. The maximum atomic E-state index is 12.7. The second-order valence-corrected chi connectivity index (χ2v) is 10.2. The largest absolute Gasteiger partial charge is 0.469 e. The van der Waals surface area contributed by atoms with Crippen molar-refractivity contribution in [1.29, 1.82) is 0 Å². The highest BCUT2D eigenvalue weighted by Gasteiger charge is 2.68. The number of aliphatic hydroxyl groups excluding tert-OH is 1. The Morgan fingerprint density at radius 3 is 2.56 bits per heavy atom. The molecule has 2 N–H and O–H groups in total. The third-order valence-electron chi connectivity index (χ3n) is 9.24. The lowest BCUT2D eigenvalue weighted by Crippen LogP contribution is -2.58. The number of rotatable bonds is 2. The second-order valence-electron chi connectivity index (χ2n) is 10.2. The van der Waals surface area contributed by atoms with Crippen LogP contribution in [0.1, 0.15) is 71.6 Å². The summed E-state index contributed by atoms with van der Waals surface area (Å²) in [5.74, 6) is 1.15. The number of hydrogen-bond donors (Lipinski definition) is 2. The first-order valence-electron chi connectivity index (χ1n) is 10.2. The van der Waals surface area contributed by atoms with Crippen molar-refractivity contribution in [3.05, 3.63) is 0 Å². The molecular weight excluding hydrogens is 316 g/mol. The van der Waals surface area contributed by atoms with Gasteiger partial charge in [-0.25, -0.2) is 0 Å². The van der Waals surface area contributed by atoms with Gasteiger partial charge in [0, 0.05) is 0 Å². The Morgan fingerprint density at radius 2 is 1.88 bits per heavy atom. The van der Waals surface area contributed by atoms with Crippen LogP contribution in [0.25, 0.3) is 0 Å². The Labute approximate surface area is 151 Å². The molecule has 0 saturated heterocycles. The van der Waals surface area contributed by atoms with Gasteiger partial charge in [0.2, 0.25) is 0 Å². The zero-order valence-corrected chi connectivity index (χ0v) is 16.0. The lowest BCUT2D eigenvalue weighted by atomic mass is 9.41. The summed E-state index contributed by atoms with van der Waals surface area (Å²) in [5, 5.41) is 20.8. The number of carbonyl (C=O) groups is 1. The van der Waals surface area contributed by atoms with Crippen LogP contribution in [-0.4, -0.2) is 35.5 Å². The van der Waals surface area contributed by atoms with E-state index in [9.17, 15) is 15.0 Å². The van der Waals surface area contributed by atoms with Gasteiger partial charge in [-0.05, 0) is 86.9 Å². The van der Waals surface area contributed by atoms with Crippen molar-refractivity contribution in [1.82, 2.24) is 0 Å². The van der Waals surface area contributed by atoms with Crippen LogP contribution in [-0.2, 0) is 9.53 Å². The monoisotopic (exact) mass is 350 g/mol. The second kappa shape index (κ2) is 5.45. The normalized spacial score (nSPS) is 54.5. The highest BCUT2D eigenvalue weighted by molar-refractivity contribution is 5.77. The van der Waals surface area contributed by atoms with Crippen molar-refractivity contribution in [2.24, 2.45) is 34.0 Å². The van der Waals surface area contributed by atoms with Gasteiger partial charge >= 0.3 is 5.97 Å². The Balaban J connectivity index is 1.71. The average molecular weight is 350 g/mol. The van der Waals surface area contributed by atoms with Crippen molar-refractivity contribution in [2.75, 3.05) is 13.7 Å². The molecule has 4 fully saturated rings. The van der Waals surface area contributed by atoms with Gasteiger partial charge in [0.15, 0.2) is 0 Å². The smallest absolute Gasteiger partial charge is 0.311 e. The van der Waals surface area contributed by atoms with Crippen LogP contribution in [0.15, 0.2) is 0 Å². The van der Waals surface area contributed by atoms with E-state index in [4.69, 9.17) is 4.74 Å². The van der Waals surface area contributed by atoms with Gasteiger partial charge in [0.1, 0.15) is 0 Å². The molecule has 4 nitrogen and oxygen atoms in total. The third-order valence-corrected chi connectivity index (χ3v) is 9.24. The summed E-state index contributed by atoms with van der Waals surface area (Å²) in [6.45, 7) is 4.44. The molecule has 4 saturated carbocycles. The van der Waals surface area contributed by atoms with Gasteiger partial charge in [0.25, 0.3) is 0 Å². The van der Waals surface area contributed by atoms with Crippen LogP contribution in [0.5, 0.6) is 0 Å². The summed E-state index contributed by atoms with van der Waals surface area (Å²) in [7, 11) is 1.52. The highest BCUT2D eigenvalue weighted by atomic mass is 16.5. The quantitative estimate of drug-likeness (QED) is 0.750. The lowest BCUT2D eigenvalue weighted by molar-refractivity contribution is -0.184. The van der Waals surface area contributed by atoms with Crippen molar-refractivity contribution < 1.29 is 19.7 Å². The first-order valence-corrected chi connectivity index (χ1v) is 10.2. The number of hydrogen-bond acceptors (Lipinski definition) is 4. The van der Waals surface area contributed by atoms with Gasteiger partial charge in [-0.3, -0.25) is 4.79 Å². The Morgan fingerprint density at radius 1 is 1.12 bits per heavy atom. The predicted molar refractivity (Wildman–Crippen MR) is 94.7 cm³/mol. The van der Waals surface area contributed by atoms with Gasteiger partial charge in [-0.15, -0.1) is 0 Å². The van der Waals surface area contributed by atoms with Gasteiger partial charge < -0.3 is 14.9 Å². The molecule has 0 unspecified atom stereocenters. The summed E-state index contributed by atoms with van der Waals surface area (Å²) in [6, 6.07) is 0. The highest BCUT2D eigenvalue weighted by Crippen LogP contribution is 2.72. The maximum Gasteiger partial charge on any atom is 0.311 e. The van der Waals surface area contributed by atoms with Gasteiger partial charge in [-0.2, -0.15) is 0 Å². The molecular formula is C21H34O4. The molecule has 0 aromatic carbocycles. The lowest BCUT2D eigenvalue weighted by Gasteiger charge is -2.63. The minimum Gasteiger partial charge on any atom is -0.469 e. The molecule has 2 bridgehead atoms. The molecule has 4 heteroatoms. The van der Waals surface area contributed by atoms with E-state index < -0.39 is 5.60 Å². The van der Waals surface area contributed by atoms with Gasteiger partial charge in [-0.1, -0.05) is 13.3 Å². The van der Waals surface area contributed by atoms with E-state index in [1.807, 2.05) is 0 Å². The first-order chi connectivity index (χ1) is 11.7. The van der Waals surface area contributed by atoms with Crippen LogP contribution in [0, 0.1) is 34.0 Å². The van der Waals surface area contributed by atoms with Crippen molar-refractivity contribution in [3.8, 4) is 0 Å². The molecule has 7 atom stereocenters. The first kappa shape index (κ1) is 17.8. The van der Waals surface area contributed by atoms with E-state index in [0.29, 0.717) is 11.8 Å². The maximum absolute atomic E-state index is 12.7. The number of methoxy groups -OCH3 is 1. The van der Waals surface area contributed by atoms with Crippen molar-refractivity contribution >= 4 is 5.97 Å². The average Bonchev–Trinajstić information content (AvgIpc) is 2.80. The van der Waals surface area contributed by atoms with E-state index >= 15 is 0 Å². The van der Waals surface area contributed by atoms with E-state index in [2.05, 4.69) is 13.8 Å². The Hall–Kier alpha value is -0.610. The molecule has 0 amide bonds. The fraction of sp³-hybridized carbons (Fsp3) is 0.952. The molecule has 0 aromatic rings. The molecule has 0 aliphatic heterocycles. The molecule has 4 rings (SSSR count). The minimum absolute atomic E-state index is 0.0358. The zero-order chi connectivity index (χ0) is 18.1. The fourth-order valence-electron chi connectivity index (χ4n) is 8.28. The number of ether oxygens (including phenoxy) is 1. The number of fused-ring (bicyclic) bond motifs is 3. The molecule has 1 spiro atoms. The van der Waals surface area contributed by atoms with E-state index in [1.54, 1.807) is 0 Å². The van der Waals surface area contributed by atoms with Crippen LogP contribution in [0.4, 0.5) is 0 Å². The number of aliphatic hydroxyl groups is 2. The number of esters is 1. The van der Waals surface area contributed by atoms with Crippen molar-refractivity contribution in [3.63, 3.8) is 0 Å². The van der Waals surface area contributed by atoms with Gasteiger partial charge in [0.05, 0.1) is 24.7 Å². The Kier molecular flexibility index (Phi) is 3.88. The molecule has 25 heavy (non-hydrogen) atoms. The molecule has 0 aromatic heterocycles. The minimum atomic E-state index is -0.877. The standard InChI is InChI=1S/C21H34O4/c1-18-8-4-9-19(2,17(23)25-3)15(18)7-10-20-11-14(5-6-16(18)20)21(24,12-20)13-22/h14-16,22,24H,4-13H2,1-3H3/t14-,15-,16-,18+,19+,20-,21-/m0/s1. The SMILES string of the molecule is COC(=O)[C@]1(C)CCC[C@@]2(C)[C@@H]3CC[C@H]4C[C@@]3(CC[C@@H]21)C[C@]4(O)CO. The van der Waals surface area contributed by atoms with Crippen LogP contribution >= 0.6 is 0 Å². The van der Waals surface area contributed by atoms with Crippen LogP contribution in [0.3, 0.4) is 0 Å². The fourth-order valence-corrected chi connectivity index (χ4v) is 8.28. The predicted octanol–water partition coefficient (Wildman–Crippen LogP) is 3.30. The van der Waals surface area contributed by atoms with Crippen molar-refractivity contribution in [2.45, 2.75) is 77.2 Å². The molecule has 4 aliphatic rings. The molecule has 4 aliphatic carbocycles. The summed E-state index contributed by atoms with van der Waals surface area (Å²) < 4.78 is 5.22. The summed E-state index contributed by atoms with van der Waals surface area (Å²) in [4.78, 5) is 12.7. The third kappa shape index (κ3) is 2.16. The van der Waals surface area contributed by atoms with Crippen LogP contribution < -0.4 is 0 Å². The summed E-state index contributed by atoms with van der Waals surface area (Å²) in [6.07, 6.45) is 9.30. The van der Waals surface area contributed by atoms with Crippen LogP contribution in [0.2, 0.25) is 0 Å². The molecule has 0 radical (unpaired) electrons. The topological polar surface area (TPSA) is 66.8 Å². The number of carbonyl (C=O) groups excluding carboxylic acids is 1. The van der Waals surface area contributed by atoms with E-state index in [-0.39, 0.29) is 34.7 Å².